The molecule has 3 N–H and O–H groups in total. The fourth-order valence-electron chi connectivity index (χ4n) is 4.23. The molecule has 2 atom stereocenters. The predicted octanol–water partition coefficient (Wildman–Crippen LogP) is 2.47. The number of H-pyrrole nitrogens is 1. The van der Waals surface area contributed by atoms with Crippen LogP contribution in [0.4, 0.5) is 0 Å². The minimum absolute atomic E-state index is 0.559. The third-order valence-electron chi connectivity index (χ3n) is 5.75. The van der Waals surface area contributed by atoms with Crippen LogP contribution in [0, 0.1) is 11.8 Å². The summed E-state index contributed by atoms with van der Waals surface area (Å²) in [6, 6.07) is 1.12. The Bertz CT molecular complexity index is 470. The number of hydrogen-bond acceptors (Lipinski definition) is 4. The Balaban J connectivity index is 1.42. The molecule has 0 aromatic carbocycles. The SMILES string of the molecule is CC1NNC(C)C1CCN(C)Cc1cnc(CC2CCCC2)[nH]1. The van der Waals surface area contributed by atoms with Gasteiger partial charge >= 0.3 is 0 Å². The van der Waals surface area contributed by atoms with Gasteiger partial charge < -0.3 is 9.88 Å². The standard InChI is InChI=1S/C18H33N5/c1-13-17(14(2)22-21-13)8-9-23(3)12-16-11-19-18(20-16)10-15-6-4-5-7-15/h11,13-15,17,21-22H,4-10,12H2,1-3H3,(H,19,20). The van der Waals surface area contributed by atoms with Crippen molar-refractivity contribution in [2.24, 2.45) is 11.8 Å². The fraction of sp³-hybridized carbons (Fsp3) is 0.833. The molecule has 2 unspecified atom stereocenters. The van der Waals surface area contributed by atoms with E-state index in [0.29, 0.717) is 18.0 Å². The zero-order valence-corrected chi connectivity index (χ0v) is 14.9. The molecule has 1 aliphatic heterocycles. The van der Waals surface area contributed by atoms with Gasteiger partial charge in [0.2, 0.25) is 0 Å². The lowest BCUT2D eigenvalue weighted by Crippen LogP contribution is -2.30. The lowest BCUT2D eigenvalue weighted by molar-refractivity contribution is 0.276. The van der Waals surface area contributed by atoms with E-state index >= 15 is 0 Å². The Morgan fingerprint density at radius 1 is 1.17 bits per heavy atom. The lowest BCUT2D eigenvalue weighted by Gasteiger charge is -2.22. The van der Waals surface area contributed by atoms with Gasteiger partial charge in [-0.2, -0.15) is 0 Å². The summed E-state index contributed by atoms with van der Waals surface area (Å²) in [5, 5.41) is 0. The summed E-state index contributed by atoms with van der Waals surface area (Å²) in [5.41, 5.74) is 7.95. The van der Waals surface area contributed by atoms with E-state index in [4.69, 9.17) is 0 Å². The van der Waals surface area contributed by atoms with Crippen LogP contribution in [0.2, 0.25) is 0 Å². The first kappa shape index (κ1) is 16.9. The molecule has 0 bridgehead atoms. The largest absolute Gasteiger partial charge is 0.345 e. The van der Waals surface area contributed by atoms with Crippen molar-refractivity contribution < 1.29 is 0 Å². The summed E-state index contributed by atoms with van der Waals surface area (Å²) in [6.45, 7) is 6.63. The topological polar surface area (TPSA) is 56.0 Å². The number of nitrogens with zero attached hydrogens (tertiary/aromatic N) is 2. The zero-order valence-electron chi connectivity index (χ0n) is 14.9. The molecule has 2 fully saturated rings. The van der Waals surface area contributed by atoms with Gasteiger partial charge in [0, 0.05) is 36.9 Å². The molecule has 2 heterocycles. The number of hydrogen-bond donors (Lipinski definition) is 3. The quantitative estimate of drug-likeness (QED) is 0.723. The summed E-state index contributed by atoms with van der Waals surface area (Å²) in [4.78, 5) is 10.5. The fourth-order valence-corrected chi connectivity index (χ4v) is 4.23. The van der Waals surface area contributed by atoms with Gasteiger partial charge in [0.1, 0.15) is 5.82 Å². The van der Waals surface area contributed by atoms with Crippen LogP contribution >= 0.6 is 0 Å². The van der Waals surface area contributed by atoms with E-state index in [1.807, 2.05) is 6.20 Å². The number of rotatable bonds is 7. The Morgan fingerprint density at radius 3 is 2.57 bits per heavy atom. The average Bonchev–Trinajstić information content (AvgIpc) is 3.23. The highest BCUT2D eigenvalue weighted by Crippen LogP contribution is 2.27. The molecule has 130 valence electrons. The van der Waals surface area contributed by atoms with Crippen LogP contribution in [0.15, 0.2) is 6.20 Å². The number of imidazole rings is 1. The first-order chi connectivity index (χ1) is 11.1. The van der Waals surface area contributed by atoms with Crippen molar-refractivity contribution in [2.75, 3.05) is 13.6 Å². The van der Waals surface area contributed by atoms with E-state index in [1.54, 1.807) is 0 Å². The van der Waals surface area contributed by atoms with Crippen molar-refractivity contribution in [3.05, 3.63) is 17.7 Å². The van der Waals surface area contributed by atoms with Gasteiger partial charge in [0.05, 0.1) is 0 Å². The Labute approximate surface area is 140 Å². The highest BCUT2D eigenvalue weighted by atomic mass is 15.4. The normalized spacial score (nSPS) is 29.0. The van der Waals surface area contributed by atoms with Gasteiger partial charge in [-0.05, 0) is 45.7 Å². The maximum absolute atomic E-state index is 4.59. The van der Waals surface area contributed by atoms with Gasteiger partial charge in [0.15, 0.2) is 0 Å². The van der Waals surface area contributed by atoms with Crippen LogP contribution in [0.1, 0.15) is 57.5 Å². The number of aromatic nitrogens is 2. The van der Waals surface area contributed by atoms with Crippen molar-refractivity contribution >= 4 is 0 Å². The molecule has 1 aromatic rings. The molecular weight excluding hydrogens is 286 g/mol. The van der Waals surface area contributed by atoms with E-state index in [1.165, 1.54) is 43.6 Å². The third-order valence-corrected chi connectivity index (χ3v) is 5.75. The molecule has 5 heteroatoms. The number of hydrazine groups is 1. The van der Waals surface area contributed by atoms with Crippen molar-refractivity contribution in [3.8, 4) is 0 Å². The molecule has 3 rings (SSSR count). The van der Waals surface area contributed by atoms with E-state index < -0.39 is 0 Å². The first-order valence-corrected chi connectivity index (χ1v) is 9.34. The average molecular weight is 319 g/mol. The maximum Gasteiger partial charge on any atom is 0.106 e. The molecule has 1 saturated carbocycles. The second-order valence-electron chi connectivity index (χ2n) is 7.77. The summed E-state index contributed by atoms with van der Waals surface area (Å²) < 4.78 is 0. The van der Waals surface area contributed by atoms with Gasteiger partial charge in [-0.15, -0.1) is 0 Å². The Kier molecular flexibility index (Phi) is 5.72. The van der Waals surface area contributed by atoms with Crippen molar-refractivity contribution in [3.63, 3.8) is 0 Å². The maximum atomic E-state index is 4.59. The van der Waals surface area contributed by atoms with Crippen LogP contribution in [-0.2, 0) is 13.0 Å². The molecule has 0 radical (unpaired) electrons. The summed E-state index contributed by atoms with van der Waals surface area (Å²) in [6.07, 6.45) is 9.97. The molecule has 23 heavy (non-hydrogen) atoms. The smallest absolute Gasteiger partial charge is 0.106 e. The van der Waals surface area contributed by atoms with Gasteiger partial charge in [-0.3, -0.25) is 10.9 Å². The molecule has 2 aliphatic rings. The van der Waals surface area contributed by atoms with E-state index in [-0.39, 0.29) is 0 Å². The zero-order chi connectivity index (χ0) is 16.2. The van der Waals surface area contributed by atoms with Gasteiger partial charge in [-0.1, -0.05) is 25.7 Å². The van der Waals surface area contributed by atoms with E-state index in [2.05, 4.69) is 46.6 Å². The number of aromatic amines is 1. The van der Waals surface area contributed by atoms with Crippen molar-refractivity contribution in [2.45, 2.75) is 71.0 Å². The first-order valence-electron chi connectivity index (χ1n) is 9.34. The van der Waals surface area contributed by atoms with Crippen LogP contribution in [-0.4, -0.2) is 40.5 Å². The molecule has 0 amide bonds. The van der Waals surface area contributed by atoms with E-state index in [9.17, 15) is 0 Å². The predicted molar refractivity (Wildman–Crippen MR) is 93.9 cm³/mol. The second kappa shape index (κ2) is 7.77. The molecule has 1 saturated heterocycles. The number of nitrogens with one attached hydrogen (secondary N) is 3. The lowest BCUT2D eigenvalue weighted by atomic mass is 9.93. The van der Waals surface area contributed by atoms with Crippen LogP contribution in [0.3, 0.4) is 0 Å². The third kappa shape index (κ3) is 4.55. The minimum Gasteiger partial charge on any atom is -0.345 e. The summed E-state index contributed by atoms with van der Waals surface area (Å²) in [5.74, 6) is 2.75. The minimum atomic E-state index is 0.559. The van der Waals surface area contributed by atoms with Crippen molar-refractivity contribution in [1.82, 2.24) is 25.7 Å². The van der Waals surface area contributed by atoms with Gasteiger partial charge in [-0.25, -0.2) is 4.98 Å². The van der Waals surface area contributed by atoms with Crippen LogP contribution in [0.25, 0.3) is 0 Å². The second-order valence-corrected chi connectivity index (χ2v) is 7.77. The molecule has 5 nitrogen and oxygen atoms in total. The molecule has 0 spiro atoms. The van der Waals surface area contributed by atoms with Gasteiger partial charge in [0.25, 0.3) is 0 Å². The van der Waals surface area contributed by atoms with Crippen molar-refractivity contribution in [1.29, 1.82) is 0 Å². The Morgan fingerprint density at radius 2 is 1.87 bits per heavy atom. The highest BCUT2D eigenvalue weighted by molar-refractivity contribution is 5.02. The summed E-state index contributed by atoms with van der Waals surface area (Å²) >= 11 is 0. The Hall–Kier alpha value is -0.910. The van der Waals surface area contributed by atoms with E-state index in [0.717, 1.165) is 25.4 Å². The molecule has 1 aromatic heterocycles. The van der Waals surface area contributed by atoms with Crippen LogP contribution in [0.5, 0.6) is 0 Å². The monoisotopic (exact) mass is 319 g/mol. The summed E-state index contributed by atoms with van der Waals surface area (Å²) in [7, 11) is 2.21. The highest BCUT2D eigenvalue weighted by Gasteiger charge is 2.29. The molecule has 1 aliphatic carbocycles. The van der Waals surface area contributed by atoms with Crippen LogP contribution < -0.4 is 10.9 Å². The molecular formula is C18H33N5.